The zero-order valence-electron chi connectivity index (χ0n) is 10.7. The van der Waals surface area contributed by atoms with Gasteiger partial charge in [0.1, 0.15) is 12.6 Å². The van der Waals surface area contributed by atoms with Gasteiger partial charge in [0.05, 0.1) is 10.8 Å². The molecule has 0 aromatic carbocycles. The van der Waals surface area contributed by atoms with Crippen LogP contribution in [-0.2, 0) is 20.4 Å². The molecule has 2 aromatic heterocycles. The minimum atomic E-state index is -0.299. The van der Waals surface area contributed by atoms with Crippen molar-refractivity contribution in [2.24, 2.45) is 0 Å². The zero-order chi connectivity index (χ0) is 13.5. The third-order valence-corrected chi connectivity index (χ3v) is 7.52. The van der Waals surface area contributed by atoms with E-state index >= 15 is 0 Å². The highest BCUT2D eigenvalue weighted by atomic mass is 32.1. The minimum absolute atomic E-state index is 0.293. The van der Waals surface area contributed by atoms with Crippen LogP contribution in [0.25, 0.3) is 0 Å². The maximum atomic E-state index is 11.8. The Morgan fingerprint density at radius 2 is 1.35 bits per heavy atom. The summed E-state index contributed by atoms with van der Waals surface area (Å²) in [5, 5.41) is 4.16. The Hall–Kier alpha value is -1.26. The predicted octanol–water partition coefficient (Wildman–Crippen LogP) is 3.37. The molecular formula is C16H12O2S2. The third-order valence-electron chi connectivity index (χ3n) is 5.45. The van der Waals surface area contributed by atoms with E-state index in [4.69, 9.17) is 0 Å². The van der Waals surface area contributed by atoms with Crippen LogP contribution in [0.15, 0.2) is 22.9 Å². The second-order valence-electron chi connectivity index (χ2n) is 6.23. The van der Waals surface area contributed by atoms with Gasteiger partial charge in [0.25, 0.3) is 0 Å². The van der Waals surface area contributed by atoms with Crippen molar-refractivity contribution in [1.82, 2.24) is 0 Å². The number of rotatable bonds is 2. The van der Waals surface area contributed by atoms with Gasteiger partial charge in [-0.15, -0.1) is 22.7 Å². The highest BCUT2D eigenvalue weighted by Gasteiger charge is 2.67. The normalized spacial score (nSPS) is 39.4. The van der Waals surface area contributed by atoms with E-state index < -0.39 is 0 Å². The topological polar surface area (TPSA) is 34.1 Å². The highest BCUT2D eigenvalue weighted by Crippen LogP contribution is 2.71. The van der Waals surface area contributed by atoms with Gasteiger partial charge in [-0.05, 0) is 46.9 Å². The monoisotopic (exact) mass is 300 g/mol. The van der Waals surface area contributed by atoms with Gasteiger partial charge in [0, 0.05) is 21.6 Å². The average molecular weight is 300 g/mol. The first-order valence-electron chi connectivity index (χ1n) is 6.85. The van der Waals surface area contributed by atoms with Crippen LogP contribution in [-0.4, -0.2) is 12.6 Å². The van der Waals surface area contributed by atoms with Crippen LogP contribution in [0.4, 0.5) is 0 Å². The second kappa shape index (κ2) is 3.31. The van der Waals surface area contributed by atoms with Crippen molar-refractivity contribution in [2.45, 2.75) is 35.5 Å². The van der Waals surface area contributed by atoms with Crippen molar-refractivity contribution in [3.05, 3.63) is 43.8 Å². The van der Waals surface area contributed by atoms with E-state index in [1.54, 1.807) is 22.7 Å². The van der Waals surface area contributed by atoms with Crippen molar-refractivity contribution < 1.29 is 9.59 Å². The summed E-state index contributed by atoms with van der Waals surface area (Å²) in [4.78, 5) is 26.1. The van der Waals surface area contributed by atoms with Gasteiger partial charge in [-0.3, -0.25) is 0 Å². The van der Waals surface area contributed by atoms with Gasteiger partial charge in [0.2, 0.25) is 0 Å². The molecule has 20 heavy (non-hydrogen) atoms. The standard InChI is InChI=1S/C16H12O2S2/c17-7-15-5-12(15)14-10(2-4-20-14)16(8-18)6-11(16)13-9(15)1-3-19-13/h1-4,7-8,11-12H,5-6H2. The first kappa shape index (κ1) is 11.4. The first-order valence-corrected chi connectivity index (χ1v) is 8.61. The second-order valence-corrected chi connectivity index (χ2v) is 8.12. The molecule has 0 N–H and O–H groups in total. The number of carbonyl (C=O) groups is 2. The molecule has 0 radical (unpaired) electrons. The van der Waals surface area contributed by atoms with Crippen molar-refractivity contribution in [3.63, 3.8) is 0 Å². The molecule has 0 saturated heterocycles. The molecule has 0 bridgehead atoms. The number of thiophene rings is 2. The molecule has 2 aromatic rings. The molecule has 5 rings (SSSR count). The molecule has 2 nitrogen and oxygen atoms in total. The van der Waals surface area contributed by atoms with Crippen LogP contribution in [0.5, 0.6) is 0 Å². The fraction of sp³-hybridized carbons (Fsp3) is 0.375. The predicted molar refractivity (Wildman–Crippen MR) is 78.8 cm³/mol. The molecule has 4 heteroatoms. The summed E-state index contributed by atoms with van der Waals surface area (Å²) >= 11 is 3.44. The van der Waals surface area contributed by atoms with E-state index in [0.29, 0.717) is 11.8 Å². The van der Waals surface area contributed by atoms with Gasteiger partial charge >= 0.3 is 0 Å². The van der Waals surface area contributed by atoms with Gasteiger partial charge in [-0.2, -0.15) is 0 Å². The average Bonchev–Trinajstić information content (AvgIpc) is 3.23. The number of aldehydes is 2. The molecule has 100 valence electrons. The lowest BCUT2D eigenvalue weighted by Gasteiger charge is -2.19. The summed E-state index contributed by atoms with van der Waals surface area (Å²) in [5.74, 6) is 0.587. The molecule has 2 saturated carbocycles. The molecule has 3 aliphatic carbocycles. The Kier molecular flexibility index (Phi) is 1.89. The highest BCUT2D eigenvalue weighted by molar-refractivity contribution is 7.10. The van der Waals surface area contributed by atoms with Crippen LogP contribution in [0.3, 0.4) is 0 Å². The van der Waals surface area contributed by atoms with E-state index in [1.165, 1.54) is 20.9 Å². The summed E-state index contributed by atoms with van der Waals surface area (Å²) < 4.78 is 0. The Balaban J connectivity index is 1.82. The van der Waals surface area contributed by atoms with Crippen LogP contribution < -0.4 is 0 Å². The molecule has 0 aliphatic heterocycles. The molecule has 3 aliphatic rings. The lowest BCUT2D eigenvalue weighted by atomic mass is 9.85. The Labute approximate surface area is 124 Å². The van der Waals surface area contributed by atoms with Gasteiger partial charge in [0.15, 0.2) is 0 Å². The first-order chi connectivity index (χ1) is 9.77. The quantitative estimate of drug-likeness (QED) is 0.797. The van der Waals surface area contributed by atoms with Crippen molar-refractivity contribution in [2.75, 3.05) is 0 Å². The van der Waals surface area contributed by atoms with Crippen molar-refractivity contribution >= 4 is 35.2 Å². The van der Waals surface area contributed by atoms with Crippen LogP contribution in [0, 0.1) is 0 Å². The van der Waals surface area contributed by atoms with E-state index in [2.05, 4.69) is 22.9 Å². The maximum absolute atomic E-state index is 11.8. The summed E-state index contributed by atoms with van der Waals surface area (Å²) in [7, 11) is 0. The largest absolute Gasteiger partial charge is 0.302 e. The van der Waals surface area contributed by atoms with Crippen molar-refractivity contribution in [3.8, 4) is 0 Å². The van der Waals surface area contributed by atoms with E-state index in [-0.39, 0.29) is 10.8 Å². The van der Waals surface area contributed by atoms with Crippen LogP contribution in [0.2, 0.25) is 0 Å². The summed E-state index contributed by atoms with van der Waals surface area (Å²) in [6.45, 7) is 0. The smallest absolute Gasteiger partial charge is 0.131 e. The van der Waals surface area contributed by atoms with Crippen LogP contribution >= 0.6 is 22.7 Å². The Bertz CT molecular complexity index is 694. The summed E-state index contributed by atoms with van der Waals surface area (Å²) in [6.07, 6.45) is 4.14. The summed E-state index contributed by atoms with van der Waals surface area (Å²) in [5.41, 5.74) is 1.81. The third kappa shape index (κ3) is 1.05. The van der Waals surface area contributed by atoms with Gasteiger partial charge in [-0.1, -0.05) is 0 Å². The lowest BCUT2D eigenvalue weighted by molar-refractivity contribution is -0.110. The van der Waals surface area contributed by atoms with Crippen LogP contribution in [0.1, 0.15) is 45.6 Å². The molecular weight excluding hydrogens is 288 g/mol. The maximum Gasteiger partial charge on any atom is 0.131 e. The lowest BCUT2D eigenvalue weighted by Crippen LogP contribution is -2.19. The molecule has 0 spiro atoms. The summed E-state index contributed by atoms with van der Waals surface area (Å²) in [6, 6.07) is 4.22. The Morgan fingerprint density at radius 3 is 1.75 bits per heavy atom. The number of carbonyl (C=O) groups excluding carboxylic acids is 2. The molecule has 2 fully saturated rings. The SMILES string of the molecule is O=CC12CC1c1sccc1C1(C=O)CC1c1sccc12. The van der Waals surface area contributed by atoms with E-state index in [9.17, 15) is 9.59 Å². The molecule has 4 unspecified atom stereocenters. The zero-order valence-corrected chi connectivity index (χ0v) is 12.3. The minimum Gasteiger partial charge on any atom is -0.302 e. The number of hydrogen-bond donors (Lipinski definition) is 0. The van der Waals surface area contributed by atoms with Crippen molar-refractivity contribution in [1.29, 1.82) is 0 Å². The fourth-order valence-electron chi connectivity index (χ4n) is 4.14. The van der Waals surface area contributed by atoms with Gasteiger partial charge in [-0.25, -0.2) is 0 Å². The fourth-order valence-corrected chi connectivity index (χ4v) is 6.53. The number of hydrogen-bond acceptors (Lipinski definition) is 4. The molecule has 2 heterocycles. The van der Waals surface area contributed by atoms with E-state index in [1.807, 2.05) is 0 Å². The molecule has 4 atom stereocenters. The van der Waals surface area contributed by atoms with Gasteiger partial charge < -0.3 is 9.59 Å². The Morgan fingerprint density at radius 1 is 0.900 bits per heavy atom. The number of fused-ring (bicyclic) bond motifs is 8. The molecule has 0 amide bonds. The van der Waals surface area contributed by atoms with E-state index in [0.717, 1.165) is 25.4 Å².